The number of sulfonamides is 1. The van der Waals surface area contributed by atoms with Crippen molar-refractivity contribution in [2.45, 2.75) is 18.7 Å². The second-order valence-corrected chi connectivity index (χ2v) is 9.99. The summed E-state index contributed by atoms with van der Waals surface area (Å²) in [5.41, 5.74) is 0.782. The van der Waals surface area contributed by atoms with E-state index in [1.807, 2.05) is 0 Å². The molecule has 0 N–H and O–H groups in total. The number of fused-ring (bicyclic) bond motifs is 1. The van der Waals surface area contributed by atoms with Crippen molar-refractivity contribution in [2.24, 2.45) is 0 Å². The zero-order valence-corrected chi connectivity index (χ0v) is 18.9. The summed E-state index contributed by atoms with van der Waals surface area (Å²) in [5, 5.41) is 4.84. The molecule has 3 aromatic rings. The van der Waals surface area contributed by atoms with Crippen molar-refractivity contribution in [3.05, 3.63) is 34.8 Å². The quantitative estimate of drug-likeness (QED) is 0.542. The van der Waals surface area contributed by atoms with Gasteiger partial charge in [-0.2, -0.15) is 4.68 Å². The van der Waals surface area contributed by atoms with Gasteiger partial charge in [0.05, 0.1) is 21.5 Å². The predicted molar refractivity (Wildman–Crippen MR) is 114 cm³/mol. The first-order chi connectivity index (χ1) is 14.0. The number of anilines is 2. The number of aromatic nitrogens is 2. The minimum absolute atomic E-state index is 0.0225. The third-order valence-corrected chi connectivity index (χ3v) is 6.96. The lowest BCUT2D eigenvalue weighted by Crippen LogP contribution is -2.25. The van der Waals surface area contributed by atoms with Crippen molar-refractivity contribution in [1.29, 1.82) is 0 Å². The van der Waals surface area contributed by atoms with Gasteiger partial charge in [0.1, 0.15) is 5.75 Å². The molecule has 9 nitrogen and oxygen atoms in total. The van der Waals surface area contributed by atoms with Crippen molar-refractivity contribution in [2.75, 3.05) is 19.0 Å². The first kappa shape index (κ1) is 20.5. The molecule has 11 heteroatoms. The summed E-state index contributed by atoms with van der Waals surface area (Å²) in [4.78, 5) is 26.1. The first-order valence-electron chi connectivity index (χ1n) is 8.80. The van der Waals surface area contributed by atoms with Crippen LogP contribution in [0.3, 0.4) is 0 Å². The summed E-state index contributed by atoms with van der Waals surface area (Å²) in [7, 11) is -0.851. The molecule has 0 unspecified atom stereocenters. The molecule has 2 heterocycles. The van der Waals surface area contributed by atoms with Crippen LogP contribution >= 0.6 is 15.9 Å². The number of hydrogen-bond donors (Lipinski definition) is 0. The van der Waals surface area contributed by atoms with Crippen LogP contribution in [0.25, 0.3) is 10.9 Å². The summed E-state index contributed by atoms with van der Waals surface area (Å²) in [5.74, 6) is 0.0595. The summed E-state index contributed by atoms with van der Waals surface area (Å²) in [6.07, 6.45) is 0. The van der Waals surface area contributed by atoms with Gasteiger partial charge < -0.3 is 4.74 Å². The number of ether oxygens (including phenoxy) is 1. The second kappa shape index (κ2) is 6.89. The molecule has 0 radical (unpaired) electrons. The maximum absolute atomic E-state index is 12.6. The van der Waals surface area contributed by atoms with Crippen LogP contribution in [0.2, 0.25) is 0 Å². The molecule has 1 aliphatic rings. The molecule has 1 aromatic heterocycles. The number of halogens is 1. The Morgan fingerprint density at radius 2 is 1.77 bits per heavy atom. The molecule has 4 rings (SSSR count). The summed E-state index contributed by atoms with van der Waals surface area (Å²) >= 11 is 3.40. The van der Waals surface area contributed by atoms with Crippen molar-refractivity contribution in [1.82, 2.24) is 14.1 Å². The highest BCUT2D eigenvalue weighted by molar-refractivity contribution is 9.10. The molecule has 0 fully saturated rings. The van der Waals surface area contributed by atoms with Crippen LogP contribution < -0.4 is 9.64 Å². The largest absolute Gasteiger partial charge is 0.454 e. The Morgan fingerprint density at radius 3 is 2.37 bits per heavy atom. The van der Waals surface area contributed by atoms with E-state index >= 15 is 0 Å². The van der Waals surface area contributed by atoms with Gasteiger partial charge in [0.15, 0.2) is 11.6 Å². The maximum atomic E-state index is 12.6. The smallest absolute Gasteiger partial charge is 0.244 e. The lowest BCUT2D eigenvalue weighted by atomic mass is 10.2. The molecule has 30 heavy (non-hydrogen) atoms. The Labute approximate surface area is 181 Å². The van der Waals surface area contributed by atoms with Crippen LogP contribution in [-0.4, -0.2) is 48.4 Å². The normalized spacial score (nSPS) is 13.2. The topological polar surface area (TPSA) is 102 Å². The van der Waals surface area contributed by atoms with E-state index in [-0.39, 0.29) is 28.3 Å². The first-order valence-corrected chi connectivity index (χ1v) is 11.0. The van der Waals surface area contributed by atoms with E-state index in [0.717, 1.165) is 4.31 Å². The highest BCUT2D eigenvalue weighted by atomic mass is 79.9. The van der Waals surface area contributed by atoms with Crippen molar-refractivity contribution >= 4 is 60.2 Å². The SMILES string of the molecule is CC(=O)N1c2ccc(S(=O)(=O)N(C)C)cc2Oc2cc(Br)cc3c2c1nn3C(C)=O. The minimum Gasteiger partial charge on any atom is -0.454 e. The maximum Gasteiger partial charge on any atom is 0.244 e. The Morgan fingerprint density at radius 1 is 1.07 bits per heavy atom. The summed E-state index contributed by atoms with van der Waals surface area (Å²) in [6.45, 7) is 2.73. The fraction of sp³-hybridized carbons (Fsp3) is 0.211. The number of rotatable bonds is 2. The van der Waals surface area contributed by atoms with E-state index in [1.165, 1.54) is 55.7 Å². The molecule has 0 bridgehead atoms. The van der Waals surface area contributed by atoms with Gasteiger partial charge in [0.2, 0.25) is 21.8 Å². The molecular formula is C19H17BrN4O5S. The van der Waals surface area contributed by atoms with Crippen LogP contribution in [0.5, 0.6) is 11.5 Å². The Hall–Kier alpha value is -2.76. The van der Waals surface area contributed by atoms with Crippen LogP contribution in [0.1, 0.15) is 18.6 Å². The number of hydrogen-bond acceptors (Lipinski definition) is 6. The van der Waals surface area contributed by atoms with Gasteiger partial charge in [0, 0.05) is 38.5 Å². The van der Waals surface area contributed by atoms with Gasteiger partial charge >= 0.3 is 0 Å². The summed E-state index contributed by atoms with van der Waals surface area (Å²) < 4.78 is 34.2. The van der Waals surface area contributed by atoms with Crippen LogP contribution in [0, 0.1) is 0 Å². The molecule has 0 saturated heterocycles. The fourth-order valence-electron chi connectivity index (χ4n) is 3.32. The Balaban J connectivity index is 2.06. The Bertz CT molecular complexity index is 1350. The van der Waals surface area contributed by atoms with Crippen LogP contribution in [0.15, 0.2) is 39.7 Å². The third-order valence-electron chi connectivity index (χ3n) is 4.69. The Kier molecular flexibility index (Phi) is 4.71. The summed E-state index contributed by atoms with van der Waals surface area (Å²) in [6, 6.07) is 7.65. The molecule has 1 amide bonds. The van der Waals surface area contributed by atoms with Crippen molar-refractivity contribution in [3.8, 4) is 11.5 Å². The van der Waals surface area contributed by atoms with E-state index in [0.29, 0.717) is 26.8 Å². The predicted octanol–water partition coefficient (Wildman–Crippen LogP) is 3.50. The van der Waals surface area contributed by atoms with E-state index in [1.54, 1.807) is 12.1 Å². The van der Waals surface area contributed by atoms with Gasteiger partial charge in [-0.1, -0.05) is 15.9 Å². The van der Waals surface area contributed by atoms with Gasteiger partial charge in [-0.25, -0.2) is 12.7 Å². The molecule has 0 atom stereocenters. The lowest BCUT2D eigenvalue weighted by molar-refractivity contribution is -0.115. The molecule has 0 aliphatic carbocycles. The monoisotopic (exact) mass is 492 g/mol. The third kappa shape index (κ3) is 3.01. The number of carbonyl (C=O) groups excluding carboxylic acids is 2. The van der Waals surface area contributed by atoms with Gasteiger partial charge in [-0.15, -0.1) is 5.10 Å². The average Bonchev–Trinajstić information content (AvgIpc) is 2.94. The van der Waals surface area contributed by atoms with Gasteiger partial charge in [-0.05, 0) is 24.3 Å². The van der Waals surface area contributed by atoms with Crippen LogP contribution in [0.4, 0.5) is 11.5 Å². The van der Waals surface area contributed by atoms with E-state index in [9.17, 15) is 18.0 Å². The number of benzene rings is 2. The average molecular weight is 493 g/mol. The van der Waals surface area contributed by atoms with Gasteiger partial charge in [0.25, 0.3) is 0 Å². The molecule has 0 saturated carbocycles. The van der Waals surface area contributed by atoms with E-state index < -0.39 is 10.0 Å². The molecule has 0 spiro atoms. The van der Waals surface area contributed by atoms with E-state index in [4.69, 9.17) is 4.74 Å². The fourth-order valence-corrected chi connectivity index (χ4v) is 4.66. The van der Waals surface area contributed by atoms with Crippen molar-refractivity contribution < 1.29 is 22.7 Å². The molecule has 1 aliphatic heterocycles. The number of carbonyl (C=O) groups is 2. The standard InChI is InChI=1S/C19H17BrN4O5S/c1-10(25)23-14-6-5-13(30(27,28)22(3)4)9-16(14)29-17-8-12(20)7-15-18(17)19(23)21-24(15)11(2)26/h5-9H,1-4H3. The second-order valence-electron chi connectivity index (χ2n) is 6.93. The van der Waals surface area contributed by atoms with E-state index in [2.05, 4.69) is 21.0 Å². The molecule has 156 valence electrons. The zero-order valence-electron chi connectivity index (χ0n) is 16.5. The number of nitrogens with zero attached hydrogens (tertiary/aromatic N) is 4. The number of amides is 1. The highest BCUT2D eigenvalue weighted by Gasteiger charge is 2.32. The minimum atomic E-state index is -3.72. The van der Waals surface area contributed by atoms with Crippen LogP contribution in [-0.2, 0) is 14.8 Å². The zero-order chi connectivity index (χ0) is 22.0. The molecule has 2 aromatic carbocycles. The van der Waals surface area contributed by atoms with Gasteiger partial charge in [-0.3, -0.25) is 14.5 Å². The van der Waals surface area contributed by atoms with Crippen molar-refractivity contribution in [3.63, 3.8) is 0 Å². The lowest BCUT2D eigenvalue weighted by Gasteiger charge is -2.20. The molecular weight excluding hydrogens is 476 g/mol. The highest BCUT2D eigenvalue weighted by Crippen LogP contribution is 2.48.